The fraction of sp³-hybridized carbons (Fsp3) is 0.211. The van der Waals surface area contributed by atoms with Crippen molar-refractivity contribution in [1.82, 2.24) is 0 Å². The number of ether oxygens (including phenoxy) is 8. The van der Waals surface area contributed by atoms with Crippen LogP contribution in [0.25, 0.3) is 43.1 Å². The Labute approximate surface area is 549 Å². The van der Waals surface area contributed by atoms with Gasteiger partial charge in [0.05, 0.1) is 60.1 Å². The van der Waals surface area contributed by atoms with Crippen LogP contribution in [-0.2, 0) is 0 Å². The van der Waals surface area contributed by atoms with Crippen molar-refractivity contribution in [3.63, 3.8) is 0 Å². The van der Waals surface area contributed by atoms with Gasteiger partial charge < -0.3 is 37.9 Å². The first-order valence-electron chi connectivity index (χ1n) is 31.2. The van der Waals surface area contributed by atoms with E-state index in [0.717, 1.165) is 70.1 Å². The van der Waals surface area contributed by atoms with E-state index >= 15 is 19.2 Å². The van der Waals surface area contributed by atoms with Gasteiger partial charge in [0.1, 0.15) is 69.0 Å². The zero-order valence-electron chi connectivity index (χ0n) is 51.2. The van der Waals surface area contributed by atoms with E-state index in [1.54, 1.807) is 121 Å². The number of fused-ring (bicyclic) bond motifs is 2. The zero-order chi connectivity index (χ0) is 63.6. The number of benzene rings is 11. The molecule has 2 aliphatic heterocycles. The molecule has 2 heterocycles. The number of imide groups is 2. The van der Waals surface area contributed by atoms with Crippen LogP contribution in [0.4, 0.5) is 11.4 Å². The van der Waals surface area contributed by atoms with Crippen LogP contribution >= 0.6 is 31.9 Å². The Morgan fingerprint density at radius 1 is 0.283 bits per heavy atom. The van der Waals surface area contributed by atoms with Crippen LogP contribution in [0.5, 0.6) is 69.0 Å². The van der Waals surface area contributed by atoms with Gasteiger partial charge in [0.15, 0.2) is 0 Å². The first kappa shape index (κ1) is 61.2. The van der Waals surface area contributed by atoms with Crippen molar-refractivity contribution in [2.24, 2.45) is 0 Å². The average molecular weight is 1360 g/mol. The number of halogens is 2. The van der Waals surface area contributed by atoms with E-state index in [1.807, 2.05) is 48.5 Å². The number of carbonyl (C=O) groups excluding carboxylic acids is 4. The maximum Gasteiger partial charge on any atom is 0.266 e. The molecule has 464 valence electrons. The third kappa shape index (κ3) is 11.9. The fourth-order valence-electron chi connectivity index (χ4n) is 11.7. The minimum Gasteiger partial charge on any atom is -0.494 e. The van der Waals surface area contributed by atoms with Crippen molar-refractivity contribution in [2.75, 3.05) is 36.2 Å². The summed E-state index contributed by atoms with van der Waals surface area (Å²) in [6, 6.07) is 49.4. The van der Waals surface area contributed by atoms with Gasteiger partial charge in [-0.2, -0.15) is 0 Å². The molecule has 2 aliphatic rings. The lowest BCUT2D eigenvalue weighted by molar-refractivity contribution is 0.0877. The molecule has 0 radical (unpaired) electrons. The monoisotopic (exact) mass is 1350 g/mol. The lowest BCUT2D eigenvalue weighted by Crippen LogP contribution is -2.40. The minimum atomic E-state index is -0.616. The summed E-state index contributed by atoms with van der Waals surface area (Å²) >= 11 is 7.08. The minimum absolute atomic E-state index is 0.143. The van der Waals surface area contributed by atoms with Crippen LogP contribution in [-0.4, -0.2) is 50.1 Å². The van der Waals surface area contributed by atoms with E-state index in [9.17, 15) is 0 Å². The number of amides is 4. The van der Waals surface area contributed by atoms with Crippen LogP contribution in [0.2, 0.25) is 0 Å². The van der Waals surface area contributed by atoms with Gasteiger partial charge in [-0.05, 0) is 196 Å². The number of hydrogen-bond acceptors (Lipinski definition) is 12. The molecule has 11 aromatic rings. The van der Waals surface area contributed by atoms with Gasteiger partial charge in [-0.3, -0.25) is 19.2 Å². The highest BCUT2D eigenvalue weighted by Gasteiger charge is 2.42. The molecule has 0 saturated carbocycles. The van der Waals surface area contributed by atoms with Crippen LogP contribution in [0.3, 0.4) is 0 Å². The molecule has 0 aromatic heterocycles. The number of hydrogen-bond donors (Lipinski definition) is 0. The summed E-state index contributed by atoms with van der Waals surface area (Å²) in [7, 11) is 0. The highest BCUT2D eigenvalue weighted by molar-refractivity contribution is 9.10. The topological polar surface area (TPSA) is 149 Å². The van der Waals surface area contributed by atoms with Gasteiger partial charge >= 0.3 is 0 Å². The van der Waals surface area contributed by atoms with Gasteiger partial charge in [-0.25, -0.2) is 9.80 Å². The standard InChI is InChI=1S/C76H64Br2N2O12/c1-5-9-37-85-49-21-29-53(30-22-49)89-61-41-57-65-58(74(82)79(73(57)81)47-17-13-45(77)14-18-47)43-63(91-55-33-25-51(26-34-55)87-39-11-7-3)69-70-64(92-56-35-27-52(28-36-56)88-40-12-8-4)44-60-66-59(75(83)80(76(60)84)48-19-15-46(78)16-20-48)42-62(68(72(66)70)67(61)71(65)69)90-54-31-23-50(24-32-54)86-38-10-6-2/h13-36,41-44H,5-12,37-40H2,1-4H3. The first-order valence-corrected chi connectivity index (χ1v) is 32.8. The smallest absolute Gasteiger partial charge is 0.266 e. The zero-order valence-corrected chi connectivity index (χ0v) is 54.4. The van der Waals surface area contributed by atoms with E-state index in [4.69, 9.17) is 37.9 Å². The van der Waals surface area contributed by atoms with Crippen molar-refractivity contribution in [2.45, 2.75) is 79.1 Å². The van der Waals surface area contributed by atoms with Crippen LogP contribution in [0.15, 0.2) is 179 Å². The fourth-order valence-corrected chi connectivity index (χ4v) is 12.3. The molecule has 0 fully saturated rings. The number of carbonyl (C=O) groups is 4. The predicted molar refractivity (Wildman–Crippen MR) is 366 cm³/mol. The molecule has 16 heteroatoms. The largest absolute Gasteiger partial charge is 0.494 e. The summed E-state index contributed by atoms with van der Waals surface area (Å²) in [6.45, 7) is 10.5. The molecule has 0 unspecified atom stereocenters. The summed E-state index contributed by atoms with van der Waals surface area (Å²) in [5, 5.41) is 2.80. The van der Waals surface area contributed by atoms with Gasteiger partial charge in [-0.1, -0.05) is 85.2 Å². The molecule has 14 nitrogen and oxygen atoms in total. The first-order chi connectivity index (χ1) is 44.9. The Hall–Kier alpha value is -9.64. The van der Waals surface area contributed by atoms with Crippen molar-refractivity contribution in [3.05, 3.63) is 201 Å². The van der Waals surface area contributed by atoms with Crippen LogP contribution < -0.4 is 47.7 Å². The Bertz CT molecular complexity index is 4060. The summed E-state index contributed by atoms with van der Waals surface area (Å²) in [5.41, 5.74) is 1.23. The molecule has 0 aliphatic carbocycles. The molecule has 11 aromatic carbocycles. The van der Waals surface area contributed by atoms with Crippen molar-refractivity contribution in [3.8, 4) is 69.0 Å². The highest BCUT2D eigenvalue weighted by atomic mass is 79.9. The third-order valence-corrected chi connectivity index (χ3v) is 17.4. The Kier molecular flexibility index (Phi) is 17.7. The highest BCUT2D eigenvalue weighted by Crippen LogP contribution is 2.58. The summed E-state index contributed by atoms with van der Waals surface area (Å²) in [5.74, 6) is 2.29. The number of unbranched alkanes of at least 4 members (excludes halogenated alkanes) is 4. The van der Waals surface area contributed by atoms with Crippen LogP contribution in [0, 0.1) is 0 Å². The molecule has 0 atom stereocenters. The average Bonchev–Trinajstić information content (AvgIpc) is 0.674. The van der Waals surface area contributed by atoms with E-state index in [1.165, 1.54) is 0 Å². The number of anilines is 2. The summed E-state index contributed by atoms with van der Waals surface area (Å²) in [4.78, 5) is 65.4. The maximum absolute atomic E-state index is 15.8. The van der Waals surface area contributed by atoms with Crippen molar-refractivity contribution >= 4 is 110 Å². The second kappa shape index (κ2) is 26.7. The molecule has 0 saturated heterocycles. The van der Waals surface area contributed by atoms with E-state index in [0.29, 0.717) is 127 Å². The predicted octanol–water partition coefficient (Wildman–Crippen LogP) is 20.7. The molecular formula is C76H64Br2N2O12. The van der Waals surface area contributed by atoms with Crippen LogP contribution in [0.1, 0.15) is 120 Å². The van der Waals surface area contributed by atoms with Gasteiger partial charge in [0.25, 0.3) is 23.6 Å². The molecule has 0 bridgehead atoms. The number of nitrogens with zero attached hydrogens (tertiary/aromatic N) is 2. The molecule has 0 spiro atoms. The molecule has 0 N–H and O–H groups in total. The maximum atomic E-state index is 15.8. The molecule has 92 heavy (non-hydrogen) atoms. The second-order valence-corrected chi connectivity index (χ2v) is 24.5. The number of rotatable bonds is 26. The molecular weight excluding hydrogens is 1290 g/mol. The van der Waals surface area contributed by atoms with Gasteiger partial charge in [0.2, 0.25) is 0 Å². The third-order valence-electron chi connectivity index (χ3n) is 16.3. The molecule has 4 amide bonds. The SMILES string of the molecule is CCCCOc1ccc(Oc2cc3c4c(cc(Oc5ccc(OCCCC)cc5)c5c6c(Oc7ccc(OCCCC)cc7)cc7c8c(cc(Oc9ccc(OCCCC)cc9)c(c2c45)c86)C(=O)N(c2ccc(Br)cc2)C7=O)C(=O)N(c2ccc(Br)cc2)C3=O)cc1. The summed E-state index contributed by atoms with van der Waals surface area (Å²) in [6.07, 6.45) is 7.31. The van der Waals surface area contributed by atoms with E-state index in [-0.39, 0.29) is 45.3 Å². The Balaban J connectivity index is 1.17. The van der Waals surface area contributed by atoms with E-state index in [2.05, 4.69) is 59.6 Å². The van der Waals surface area contributed by atoms with Gasteiger partial charge in [0, 0.05) is 52.0 Å². The lowest BCUT2D eigenvalue weighted by atomic mass is 9.80. The van der Waals surface area contributed by atoms with Crippen molar-refractivity contribution in [1.29, 1.82) is 0 Å². The van der Waals surface area contributed by atoms with E-state index < -0.39 is 23.6 Å². The quantitative estimate of drug-likeness (QED) is 0.0220. The Morgan fingerprint density at radius 3 is 0.717 bits per heavy atom. The Morgan fingerprint density at radius 2 is 0.500 bits per heavy atom. The lowest BCUT2D eigenvalue weighted by Gasteiger charge is -2.32. The second-order valence-electron chi connectivity index (χ2n) is 22.6. The van der Waals surface area contributed by atoms with Gasteiger partial charge in [-0.15, -0.1) is 0 Å². The molecule has 13 rings (SSSR count). The van der Waals surface area contributed by atoms with Crippen molar-refractivity contribution < 1.29 is 57.1 Å². The summed E-state index contributed by atoms with van der Waals surface area (Å²) < 4.78 is 54.8. The normalized spacial score (nSPS) is 12.8.